The second kappa shape index (κ2) is 9.13. The third kappa shape index (κ3) is 4.43. The number of rotatable bonds is 6. The lowest BCUT2D eigenvalue weighted by atomic mass is 9.98. The highest BCUT2D eigenvalue weighted by Gasteiger charge is 2.21. The molecule has 0 bridgehead atoms. The van der Waals surface area contributed by atoms with Gasteiger partial charge in [-0.05, 0) is 26.0 Å². The lowest BCUT2D eigenvalue weighted by molar-refractivity contribution is 0.109. The predicted molar refractivity (Wildman–Crippen MR) is 115 cm³/mol. The molecule has 0 aliphatic heterocycles. The Kier molecular flexibility index (Phi) is 6.37. The Morgan fingerprint density at radius 3 is 1.50 bits per heavy atom. The summed E-state index contributed by atoms with van der Waals surface area (Å²) in [5, 5.41) is 2.41. The van der Waals surface area contributed by atoms with Gasteiger partial charge in [-0.15, -0.1) is 0 Å². The zero-order valence-corrected chi connectivity index (χ0v) is 16.9. The van der Waals surface area contributed by atoms with E-state index in [-0.39, 0.29) is 13.2 Å². The third-order valence-electron chi connectivity index (χ3n) is 4.34. The Morgan fingerprint density at radius 2 is 1.13 bits per heavy atom. The standard InChI is InChI=1S/C24H22O6/c1-5-11-27-23(25)29-21-17-9-7-16(4)14-20(17)22(30-24(26)28-12-6-2)18-10-8-15(3)13-19(18)21/h5-10,13-14H,1-2,11-12H2,3-4H3. The van der Waals surface area contributed by atoms with E-state index in [1.165, 1.54) is 12.2 Å². The molecule has 6 nitrogen and oxygen atoms in total. The van der Waals surface area contributed by atoms with Crippen molar-refractivity contribution in [2.75, 3.05) is 13.2 Å². The van der Waals surface area contributed by atoms with Crippen LogP contribution in [0.2, 0.25) is 0 Å². The van der Waals surface area contributed by atoms with Gasteiger partial charge in [0.25, 0.3) is 0 Å². The predicted octanol–water partition coefficient (Wildman–Crippen LogP) is 6.01. The summed E-state index contributed by atoms with van der Waals surface area (Å²) >= 11 is 0. The molecule has 3 rings (SSSR count). The van der Waals surface area contributed by atoms with E-state index in [1.54, 1.807) is 0 Å². The van der Waals surface area contributed by atoms with Gasteiger partial charge in [-0.3, -0.25) is 0 Å². The van der Waals surface area contributed by atoms with Gasteiger partial charge in [-0.1, -0.05) is 60.7 Å². The first kappa shape index (κ1) is 20.9. The molecule has 0 amide bonds. The van der Waals surface area contributed by atoms with Gasteiger partial charge < -0.3 is 18.9 Å². The van der Waals surface area contributed by atoms with E-state index in [0.717, 1.165) is 11.1 Å². The number of hydrogen-bond donors (Lipinski definition) is 0. The van der Waals surface area contributed by atoms with E-state index >= 15 is 0 Å². The Bertz CT molecular complexity index is 1050. The van der Waals surface area contributed by atoms with Crippen LogP contribution >= 0.6 is 0 Å². The molecule has 0 aliphatic carbocycles. The van der Waals surface area contributed by atoms with Gasteiger partial charge >= 0.3 is 12.3 Å². The number of fused-ring (bicyclic) bond motifs is 2. The van der Waals surface area contributed by atoms with Crippen molar-refractivity contribution in [3.8, 4) is 11.5 Å². The van der Waals surface area contributed by atoms with Crippen molar-refractivity contribution in [1.29, 1.82) is 0 Å². The minimum atomic E-state index is -0.848. The highest BCUT2D eigenvalue weighted by molar-refractivity contribution is 6.12. The van der Waals surface area contributed by atoms with Gasteiger partial charge in [-0.25, -0.2) is 9.59 Å². The van der Waals surface area contributed by atoms with Crippen molar-refractivity contribution >= 4 is 33.9 Å². The number of benzene rings is 3. The van der Waals surface area contributed by atoms with Gasteiger partial charge in [0, 0.05) is 21.5 Å². The molecule has 0 spiro atoms. The van der Waals surface area contributed by atoms with Crippen molar-refractivity contribution in [3.05, 3.63) is 72.8 Å². The van der Waals surface area contributed by atoms with Crippen LogP contribution in [-0.2, 0) is 9.47 Å². The molecule has 0 fully saturated rings. The van der Waals surface area contributed by atoms with Crippen LogP contribution in [0.25, 0.3) is 21.5 Å². The first-order chi connectivity index (χ1) is 14.4. The molecule has 0 aromatic heterocycles. The van der Waals surface area contributed by atoms with Gasteiger partial charge in [0.1, 0.15) is 24.7 Å². The van der Waals surface area contributed by atoms with Crippen molar-refractivity contribution in [2.24, 2.45) is 0 Å². The van der Waals surface area contributed by atoms with Crippen LogP contribution in [0.1, 0.15) is 11.1 Å². The molecule has 6 heteroatoms. The number of carbonyl (C=O) groups excluding carboxylic acids is 2. The largest absolute Gasteiger partial charge is 0.514 e. The van der Waals surface area contributed by atoms with Crippen LogP contribution in [0, 0.1) is 13.8 Å². The van der Waals surface area contributed by atoms with Crippen LogP contribution in [0.4, 0.5) is 9.59 Å². The highest BCUT2D eigenvalue weighted by Crippen LogP contribution is 2.43. The fourth-order valence-electron chi connectivity index (χ4n) is 3.08. The van der Waals surface area contributed by atoms with E-state index in [0.29, 0.717) is 33.0 Å². The van der Waals surface area contributed by atoms with Gasteiger partial charge in [0.15, 0.2) is 0 Å². The lowest BCUT2D eigenvalue weighted by Gasteiger charge is -2.17. The summed E-state index contributed by atoms with van der Waals surface area (Å²) in [7, 11) is 0. The first-order valence-corrected chi connectivity index (χ1v) is 9.32. The minimum absolute atomic E-state index is 0.0309. The maximum absolute atomic E-state index is 12.2. The number of hydrogen-bond acceptors (Lipinski definition) is 6. The molecule has 0 saturated heterocycles. The van der Waals surface area contributed by atoms with Crippen LogP contribution in [0.15, 0.2) is 61.7 Å². The Balaban J connectivity index is 2.24. The van der Waals surface area contributed by atoms with E-state index in [1.807, 2.05) is 50.2 Å². The Labute approximate surface area is 174 Å². The normalized spacial score (nSPS) is 10.5. The fourth-order valence-corrected chi connectivity index (χ4v) is 3.08. The van der Waals surface area contributed by atoms with E-state index in [4.69, 9.17) is 18.9 Å². The number of ether oxygens (including phenoxy) is 4. The zero-order chi connectivity index (χ0) is 21.7. The van der Waals surface area contributed by atoms with Crippen LogP contribution in [-0.4, -0.2) is 25.5 Å². The number of aryl methyl sites for hydroxylation is 2. The molecule has 30 heavy (non-hydrogen) atoms. The third-order valence-corrected chi connectivity index (χ3v) is 4.34. The van der Waals surface area contributed by atoms with E-state index in [9.17, 15) is 9.59 Å². The number of carbonyl (C=O) groups is 2. The summed E-state index contributed by atoms with van der Waals surface area (Å²) < 4.78 is 21.1. The average Bonchev–Trinajstić information content (AvgIpc) is 2.72. The van der Waals surface area contributed by atoms with Gasteiger partial charge in [0.05, 0.1) is 0 Å². The Hall–Kier alpha value is -3.80. The highest BCUT2D eigenvalue weighted by atomic mass is 16.7. The summed E-state index contributed by atoms with van der Waals surface area (Å²) in [6, 6.07) is 11.1. The molecule has 0 N–H and O–H groups in total. The van der Waals surface area contributed by atoms with E-state index < -0.39 is 12.3 Å². The summed E-state index contributed by atoms with van der Waals surface area (Å²) in [5.41, 5.74) is 1.89. The maximum atomic E-state index is 12.2. The molecule has 0 radical (unpaired) electrons. The SMILES string of the molecule is C=CCOC(=O)Oc1c2ccc(C)cc2c(OC(=O)OCC=C)c2ccc(C)cc12. The average molecular weight is 406 g/mol. The maximum Gasteiger partial charge on any atom is 0.514 e. The quantitative estimate of drug-likeness (QED) is 0.216. The fraction of sp³-hybridized carbons (Fsp3) is 0.167. The molecule has 0 atom stereocenters. The van der Waals surface area contributed by atoms with E-state index in [2.05, 4.69) is 13.2 Å². The second-order valence-electron chi connectivity index (χ2n) is 6.66. The van der Waals surface area contributed by atoms with Crippen molar-refractivity contribution in [2.45, 2.75) is 13.8 Å². The van der Waals surface area contributed by atoms with Crippen molar-refractivity contribution in [1.82, 2.24) is 0 Å². The molecule has 0 unspecified atom stereocenters. The summed E-state index contributed by atoms with van der Waals surface area (Å²) in [6.45, 7) is 10.9. The van der Waals surface area contributed by atoms with Crippen molar-refractivity contribution in [3.63, 3.8) is 0 Å². The minimum Gasteiger partial charge on any atom is -0.430 e. The molecule has 154 valence electrons. The molecule has 3 aromatic rings. The first-order valence-electron chi connectivity index (χ1n) is 9.32. The summed E-state index contributed by atoms with van der Waals surface area (Å²) in [4.78, 5) is 24.4. The summed E-state index contributed by atoms with van der Waals surface area (Å²) in [5.74, 6) is 0.647. The Morgan fingerprint density at radius 1 is 0.733 bits per heavy atom. The zero-order valence-electron chi connectivity index (χ0n) is 16.9. The van der Waals surface area contributed by atoms with Crippen LogP contribution in [0.3, 0.4) is 0 Å². The molecular weight excluding hydrogens is 384 g/mol. The summed E-state index contributed by atoms with van der Waals surface area (Å²) in [6.07, 6.45) is 1.21. The van der Waals surface area contributed by atoms with Crippen LogP contribution in [0.5, 0.6) is 11.5 Å². The molecule has 0 aliphatic rings. The van der Waals surface area contributed by atoms with Crippen LogP contribution < -0.4 is 9.47 Å². The smallest absolute Gasteiger partial charge is 0.430 e. The lowest BCUT2D eigenvalue weighted by Crippen LogP contribution is -2.13. The monoisotopic (exact) mass is 406 g/mol. The molecule has 3 aromatic carbocycles. The second-order valence-corrected chi connectivity index (χ2v) is 6.66. The molecule has 0 heterocycles. The molecule has 0 saturated carbocycles. The topological polar surface area (TPSA) is 71.1 Å². The molecular formula is C24H22O6. The van der Waals surface area contributed by atoms with Gasteiger partial charge in [-0.2, -0.15) is 0 Å². The van der Waals surface area contributed by atoms with Gasteiger partial charge in [0.2, 0.25) is 0 Å². The van der Waals surface area contributed by atoms with Crippen molar-refractivity contribution < 1.29 is 28.5 Å².